The highest BCUT2D eigenvalue weighted by atomic mass is 16.5. The molecule has 2 aromatic carbocycles. The van der Waals surface area contributed by atoms with Crippen molar-refractivity contribution in [1.82, 2.24) is 0 Å². The number of allylic oxidation sites excluding steroid dienone is 6. The number of hydrogen-bond acceptors (Lipinski definition) is 5. The average molecular weight is 418 g/mol. The molecule has 1 aliphatic rings. The predicted octanol–water partition coefficient (Wildman–Crippen LogP) is 5.45. The predicted molar refractivity (Wildman–Crippen MR) is 122 cm³/mol. The third-order valence-electron chi connectivity index (χ3n) is 5.06. The Morgan fingerprint density at radius 2 is 1.23 bits per heavy atom. The van der Waals surface area contributed by atoms with Gasteiger partial charge in [0.15, 0.2) is 28.8 Å². The summed E-state index contributed by atoms with van der Waals surface area (Å²) in [6, 6.07) is 10.2. The van der Waals surface area contributed by atoms with Gasteiger partial charge in [-0.15, -0.1) is 0 Å². The average Bonchev–Trinajstić information content (AvgIpc) is 2.78. The highest BCUT2D eigenvalue weighted by molar-refractivity contribution is 6.09. The first-order chi connectivity index (χ1) is 15.0. The Morgan fingerprint density at radius 1 is 0.774 bits per heavy atom. The lowest BCUT2D eigenvalue weighted by Gasteiger charge is -2.15. The fourth-order valence-corrected chi connectivity index (χ4v) is 3.37. The summed E-state index contributed by atoms with van der Waals surface area (Å²) in [5.41, 5.74) is 3.30. The first-order valence-corrected chi connectivity index (χ1v) is 10.0. The minimum Gasteiger partial charge on any atom is -0.504 e. The number of Topliss-reactive ketones (excluding diaryl/α,β-unsaturated/α-hetero) is 1. The standard InChI is InChI=1S/C26H26O5/c1-30-24-16-18(12-14-22(24)27)6-3-8-20-10-5-11-21(26(20)29)9-4-7-19-13-15-23(28)25(17-19)31-2/h3-4,6-9,12-17,27-28H,5,10-11H2,1-2H3/b6-3+,7-4+,20-8-,21-9+. The Kier molecular flexibility index (Phi) is 7.33. The van der Waals surface area contributed by atoms with Gasteiger partial charge in [-0.1, -0.05) is 48.6 Å². The molecule has 0 atom stereocenters. The highest BCUT2D eigenvalue weighted by Gasteiger charge is 2.19. The second kappa shape index (κ2) is 10.3. The zero-order valence-electron chi connectivity index (χ0n) is 17.7. The minimum atomic E-state index is 0.0622. The fraction of sp³-hybridized carbons (Fsp3) is 0.192. The third kappa shape index (κ3) is 5.66. The lowest BCUT2D eigenvalue weighted by atomic mass is 9.88. The van der Waals surface area contributed by atoms with Crippen LogP contribution < -0.4 is 9.47 Å². The van der Waals surface area contributed by atoms with E-state index < -0.39 is 0 Å². The van der Waals surface area contributed by atoms with Crippen molar-refractivity contribution < 1.29 is 24.5 Å². The maximum atomic E-state index is 12.8. The van der Waals surface area contributed by atoms with E-state index in [9.17, 15) is 15.0 Å². The molecule has 3 rings (SSSR count). The van der Waals surface area contributed by atoms with Crippen molar-refractivity contribution >= 4 is 17.9 Å². The zero-order valence-corrected chi connectivity index (χ0v) is 17.7. The van der Waals surface area contributed by atoms with E-state index in [1.54, 1.807) is 36.4 Å². The Labute approximate surface area is 182 Å². The Morgan fingerprint density at radius 3 is 1.65 bits per heavy atom. The molecular formula is C26H26O5. The maximum Gasteiger partial charge on any atom is 0.184 e. The van der Waals surface area contributed by atoms with Crippen LogP contribution in [0.4, 0.5) is 0 Å². The maximum absolute atomic E-state index is 12.8. The van der Waals surface area contributed by atoms with Gasteiger partial charge < -0.3 is 19.7 Å². The topological polar surface area (TPSA) is 76.0 Å². The molecule has 1 fully saturated rings. The van der Waals surface area contributed by atoms with Gasteiger partial charge in [0.1, 0.15) is 0 Å². The van der Waals surface area contributed by atoms with Gasteiger partial charge in [-0.3, -0.25) is 4.79 Å². The number of rotatable bonds is 6. The Bertz CT molecular complexity index is 990. The monoisotopic (exact) mass is 418 g/mol. The molecule has 2 N–H and O–H groups in total. The van der Waals surface area contributed by atoms with Crippen molar-refractivity contribution in [2.45, 2.75) is 19.3 Å². The van der Waals surface area contributed by atoms with Gasteiger partial charge in [-0.25, -0.2) is 0 Å². The van der Waals surface area contributed by atoms with Crippen LogP contribution in [0, 0.1) is 0 Å². The lowest BCUT2D eigenvalue weighted by molar-refractivity contribution is -0.113. The minimum absolute atomic E-state index is 0.0622. The molecule has 160 valence electrons. The van der Waals surface area contributed by atoms with Gasteiger partial charge in [0.2, 0.25) is 0 Å². The number of phenols is 2. The summed E-state index contributed by atoms with van der Waals surface area (Å²) in [6.45, 7) is 0. The van der Waals surface area contributed by atoms with E-state index in [0.717, 1.165) is 41.5 Å². The quantitative estimate of drug-likeness (QED) is 0.610. The fourth-order valence-electron chi connectivity index (χ4n) is 3.37. The molecule has 31 heavy (non-hydrogen) atoms. The molecule has 5 heteroatoms. The molecule has 0 aromatic heterocycles. The molecule has 0 spiro atoms. The van der Waals surface area contributed by atoms with E-state index in [1.165, 1.54) is 14.2 Å². The molecule has 0 heterocycles. The molecule has 0 amide bonds. The van der Waals surface area contributed by atoms with Gasteiger partial charge in [0, 0.05) is 0 Å². The summed E-state index contributed by atoms with van der Waals surface area (Å²) in [5, 5.41) is 19.4. The van der Waals surface area contributed by atoms with Gasteiger partial charge >= 0.3 is 0 Å². The normalized spacial score (nSPS) is 17.2. The second-order valence-corrected chi connectivity index (χ2v) is 7.15. The highest BCUT2D eigenvalue weighted by Crippen LogP contribution is 2.29. The molecule has 0 aliphatic heterocycles. The number of carbonyl (C=O) groups is 1. The summed E-state index contributed by atoms with van der Waals surface area (Å²) < 4.78 is 10.2. The third-order valence-corrected chi connectivity index (χ3v) is 5.06. The lowest BCUT2D eigenvalue weighted by Crippen LogP contribution is -2.12. The second-order valence-electron chi connectivity index (χ2n) is 7.15. The molecular weight excluding hydrogens is 392 g/mol. The molecule has 0 radical (unpaired) electrons. The van der Waals surface area contributed by atoms with E-state index in [1.807, 2.05) is 36.5 Å². The van der Waals surface area contributed by atoms with Crippen LogP contribution in [0.2, 0.25) is 0 Å². The van der Waals surface area contributed by atoms with Crippen molar-refractivity contribution in [2.75, 3.05) is 14.2 Å². The number of ketones is 1. The van der Waals surface area contributed by atoms with Crippen LogP contribution in [0.1, 0.15) is 30.4 Å². The summed E-state index contributed by atoms with van der Waals surface area (Å²) in [7, 11) is 3.01. The van der Waals surface area contributed by atoms with Gasteiger partial charge in [-0.2, -0.15) is 0 Å². The number of ether oxygens (including phenoxy) is 2. The van der Waals surface area contributed by atoms with E-state index in [4.69, 9.17) is 9.47 Å². The van der Waals surface area contributed by atoms with E-state index in [2.05, 4.69) is 0 Å². The van der Waals surface area contributed by atoms with Crippen LogP contribution in [0.3, 0.4) is 0 Å². The van der Waals surface area contributed by atoms with E-state index in [0.29, 0.717) is 11.5 Å². The van der Waals surface area contributed by atoms with Crippen LogP contribution in [0.15, 0.2) is 71.8 Å². The largest absolute Gasteiger partial charge is 0.504 e. The first kappa shape index (κ1) is 22.0. The number of carbonyl (C=O) groups excluding carboxylic acids is 1. The Balaban J connectivity index is 1.70. The molecule has 1 aliphatic carbocycles. The number of hydrogen-bond donors (Lipinski definition) is 2. The Hall–Kier alpha value is -3.73. The summed E-state index contributed by atoms with van der Waals surface area (Å²) >= 11 is 0. The van der Waals surface area contributed by atoms with Gasteiger partial charge in [0.25, 0.3) is 0 Å². The zero-order chi connectivity index (χ0) is 22.2. The van der Waals surface area contributed by atoms with E-state index in [-0.39, 0.29) is 17.3 Å². The molecule has 0 saturated heterocycles. The van der Waals surface area contributed by atoms with Crippen molar-refractivity contribution in [2.24, 2.45) is 0 Å². The SMILES string of the molecule is COc1cc(/C=C/C=C2/CCC/C(=C\C=C\c3ccc(O)c(OC)c3)C2=O)ccc1O. The first-order valence-electron chi connectivity index (χ1n) is 10.0. The number of aromatic hydroxyl groups is 2. The van der Waals surface area contributed by atoms with Crippen LogP contribution in [-0.4, -0.2) is 30.2 Å². The molecule has 1 saturated carbocycles. The number of methoxy groups -OCH3 is 2. The summed E-state index contributed by atoms with van der Waals surface area (Å²) in [4.78, 5) is 12.8. The smallest absolute Gasteiger partial charge is 0.184 e. The van der Waals surface area contributed by atoms with Crippen LogP contribution >= 0.6 is 0 Å². The summed E-state index contributed by atoms with van der Waals surface area (Å²) in [6.07, 6.45) is 13.6. The van der Waals surface area contributed by atoms with Gasteiger partial charge in [-0.05, 0) is 65.8 Å². The van der Waals surface area contributed by atoms with E-state index >= 15 is 0 Å². The molecule has 2 aromatic rings. The molecule has 0 bridgehead atoms. The van der Waals surface area contributed by atoms with Crippen molar-refractivity contribution in [1.29, 1.82) is 0 Å². The van der Waals surface area contributed by atoms with Crippen molar-refractivity contribution in [3.63, 3.8) is 0 Å². The molecule has 5 nitrogen and oxygen atoms in total. The van der Waals surface area contributed by atoms with Crippen LogP contribution in [0.25, 0.3) is 12.2 Å². The van der Waals surface area contributed by atoms with Crippen LogP contribution in [0.5, 0.6) is 23.0 Å². The van der Waals surface area contributed by atoms with Crippen LogP contribution in [-0.2, 0) is 4.79 Å². The summed E-state index contributed by atoms with van der Waals surface area (Å²) in [5.74, 6) is 1.06. The number of benzene rings is 2. The number of phenolic OH excluding ortho intramolecular Hbond substituents is 2. The molecule has 0 unspecified atom stereocenters. The van der Waals surface area contributed by atoms with Crippen molar-refractivity contribution in [3.05, 3.63) is 83.0 Å². The van der Waals surface area contributed by atoms with Crippen molar-refractivity contribution in [3.8, 4) is 23.0 Å². The van der Waals surface area contributed by atoms with Gasteiger partial charge in [0.05, 0.1) is 14.2 Å².